The van der Waals surface area contributed by atoms with Gasteiger partial charge in [-0.05, 0) is 76.1 Å². The second-order valence-corrected chi connectivity index (χ2v) is 17.4. The fourth-order valence-electron chi connectivity index (χ4n) is 9.62. The molecule has 328 valence electrons. The zero-order valence-corrected chi connectivity index (χ0v) is 35.8. The zero-order chi connectivity index (χ0) is 43.0. The quantitative estimate of drug-likeness (QED) is 0.151. The third-order valence-corrected chi connectivity index (χ3v) is 13.1. The fraction of sp³-hybridized carbons (Fsp3) is 0.500. The Kier molecular flexibility index (Phi) is 14.2. The van der Waals surface area contributed by atoms with Crippen LogP contribution >= 0.6 is 0 Å². The van der Waals surface area contributed by atoms with Crippen LogP contribution in [-0.4, -0.2) is 170 Å². The van der Waals surface area contributed by atoms with Crippen molar-refractivity contribution in [3.8, 4) is 0 Å². The molecule has 6 aliphatic rings. The monoisotopic (exact) mass is 844 g/mol. The Labute approximate surface area is 364 Å². The molecular formula is C48H60N8O6. The van der Waals surface area contributed by atoms with Gasteiger partial charge >= 0.3 is 0 Å². The van der Waals surface area contributed by atoms with Crippen molar-refractivity contribution in [1.82, 2.24) is 40.0 Å². The first-order chi connectivity index (χ1) is 30.2. The molecule has 6 amide bonds. The van der Waals surface area contributed by atoms with Gasteiger partial charge in [-0.3, -0.25) is 38.6 Å². The molecule has 14 heteroatoms. The van der Waals surface area contributed by atoms with Gasteiger partial charge in [0, 0.05) is 136 Å². The summed E-state index contributed by atoms with van der Waals surface area (Å²) in [6.45, 7) is 12.6. The van der Waals surface area contributed by atoms with Crippen molar-refractivity contribution in [1.29, 1.82) is 0 Å². The summed E-state index contributed by atoms with van der Waals surface area (Å²) in [5, 5.41) is 6.89. The van der Waals surface area contributed by atoms with Gasteiger partial charge in [0.15, 0.2) is 0 Å². The second kappa shape index (κ2) is 20.3. The Bertz CT molecular complexity index is 1920. The van der Waals surface area contributed by atoms with Crippen LogP contribution in [-0.2, 0) is 9.59 Å². The Morgan fingerprint density at radius 1 is 0.435 bits per heavy atom. The summed E-state index contributed by atoms with van der Waals surface area (Å²) >= 11 is 0. The van der Waals surface area contributed by atoms with E-state index in [4.69, 9.17) is 0 Å². The minimum atomic E-state index is -0.390. The summed E-state index contributed by atoms with van der Waals surface area (Å²) in [4.78, 5) is 91.9. The largest absolute Gasteiger partial charge is 0.356 e. The van der Waals surface area contributed by atoms with Crippen LogP contribution in [0.25, 0.3) is 10.8 Å². The Hall–Kier alpha value is -5.28. The number of rotatable bonds is 20. The minimum Gasteiger partial charge on any atom is -0.356 e. The van der Waals surface area contributed by atoms with E-state index in [1.54, 1.807) is 24.3 Å². The van der Waals surface area contributed by atoms with Crippen molar-refractivity contribution < 1.29 is 28.8 Å². The molecule has 2 saturated heterocycles. The van der Waals surface area contributed by atoms with E-state index >= 15 is 0 Å². The summed E-state index contributed by atoms with van der Waals surface area (Å²) in [6, 6.07) is 6.58. The minimum absolute atomic E-state index is 0.0873. The normalized spacial score (nSPS) is 19.9. The van der Waals surface area contributed by atoms with Crippen molar-refractivity contribution in [2.24, 2.45) is 11.8 Å². The van der Waals surface area contributed by atoms with Gasteiger partial charge in [-0.2, -0.15) is 0 Å². The molecule has 2 aromatic carbocycles. The van der Waals surface area contributed by atoms with Crippen molar-refractivity contribution in [2.45, 2.75) is 38.5 Å². The van der Waals surface area contributed by atoms with Gasteiger partial charge in [-0.15, -0.1) is 0 Å². The topological polar surface area (TPSA) is 146 Å². The summed E-state index contributed by atoms with van der Waals surface area (Å²) in [5.41, 5.74) is 1.41. The summed E-state index contributed by atoms with van der Waals surface area (Å²) in [7, 11) is 0. The first-order valence-corrected chi connectivity index (χ1v) is 22.7. The van der Waals surface area contributed by atoms with E-state index in [0.29, 0.717) is 71.8 Å². The van der Waals surface area contributed by atoms with Crippen molar-refractivity contribution in [2.75, 3.05) is 105 Å². The van der Waals surface area contributed by atoms with Gasteiger partial charge in [0.25, 0.3) is 23.6 Å². The van der Waals surface area contributed by atoms with Crippen LogP contribution in [0.15, 0.2) is 72.9 Å². The van der Waals surface area contributed by atoms with E-state index in [0.717, 1.165) is 91.4 Å². The molecule has 2 aliphatic carbocycles. The average molecular weight is 845 g/mol. The van der Waals surface area contributed by atoms with Crippen LogP contribution in [0.3, 0.4) is 0 Å². The van der Waals surface area contributed by atoms with Gasteiger partial charge in [0.1, 0.15) is 0 Å². The molecule has 0 bridgehead atoms. The number of amides is 6. The predicted octanol–water partition coefficient (Wildman–Crippen LogP) is 3.32. The lowest BCUT2D eigenvalue weighted by Gasteiger charge is -2.36. The third kappa shape index (κ3) is 10.2. The van der Waals surface area contributed by atoms with Crippen LogP contribution < -0.4 is 10.6 Å². The first kappa shape index (κ1) is 43.4. The first-order valence-electron chi connectivity index (χ1n) is 22.7. The molecule has 2 aromatic rings. The maximum absolute atomic E-state index is 13.8. The van der Waals surface area contributed by atoms with E-state index in [-0.39, 0.29) is 36.7 Å². The lowest BCUT2D eigenvalue weighted by Crippen LogP contribution is -2.48. The summed E-state index contributed by atoms with van der Waals surface area (Å²) < 4.78 is 0. The van der Waals surface area contributed by atoms with Gasteiger partial charge in [-0.25, -0.2) is 0 Å². The molecule has 62 heavy (non-hydrogen) atoms. The van der Waals surface area contributed by atoms with Gasteiger partial charge in [-0.1, -0.05) is 48.6 Å². The molecular weight excluding hydrogens is 785 g/mol. The van der Waals surface area contributed by atoms with Crippen LogP contribution in [0.1, 0.15) is 80.0 Å². The van der Waals surface area contributed by atoms with E-state index in [1.807, 2.05) is 48.6 Å². The van der Waals surface area contributed by atoms with E-state index in [9.17, 15) is 28.8 Å². The van der Waals surface area contributed by atoms with Crippen molar-refractivity contribution in [3.63, 3.8) is 0 Å². The average Bonchev–Trinajstić information content (AvgIpc) is 4.00. The smallest absolute Gasteiger partial charge is 0.261 e. The maximum Gasteiger partial charge on any atom is 0.261 e. The van der Waals surface area contributed by atoms with Crippen LogP contribution in [0, 0.1) is 11.8 Å². The van der Waals surface area contributed by atoms with E-state index in [1.165, 1.54) is 9.80 Å². The number of hydrogen-bond acceptors (Lipinski definition) is 10. The number of carbonyl (C=O) groups is 6. The molecule has 8 rings (SSSR count). The van der Waals surface area contributed by atoms with Gasteiger partial charge < -0.3 is 30.2 Å². The zero-order valence-electron chi connectivity index (χ0n) is 35.8. The number of piperazine rings is 2. The van der Waals surface area contributed by atoms with Crippen LogP contribution in [0.4, 0.5) is 0 Å². The molecule has 0 unspecified atom stereocenters. The van der Waals surface area contributed by atoms with Crippen molar-refractivity contribution in [3.05, 3.63) is 95.1 Å². The van der Waals surface area contributed by atoms with Crippen LogP contribution in [0.2, 0.25) is 0 Å². The Balaban J connectivity index is 0.753. The van der Waals surface area contributed by atoms with Gasteiger partial charge in [0.2, 0.25) is 11.8 Å². The predicted molar refractivity (Wildman–Crippen MR) is 238 cm³/mol. The highest BCUT2D eigenvalue weighted by Gasteiger charge is 2.39. The maximum atomic E-state index is 13.8. The Morgan fingerprint density at radius 3 is 1.03 bits per heavy atom. The number of nitrogens with one attached hydrogen (secondary N) is 2. The number of allylic oxidation sites excluding steroid dienone is 8. The molecule has 2 fully saturated rings. The standard InChI is InChI=1S/C48H60N8O6/c57-41(33-35-9-1-2-10-35)49-17-5-19-51-25-29-53(30-26-51)21-7-23-55-45(59)37-13-15-39-44-40(16-14-38(43(37)44)46(55)60)48(62)56(47(39)61)24-8-22-54-31-27-52(28-32-54)20-6-18-50-42(58)34-36-11-3-4-12-36/h1-4,9-16,35-36H,5-8,17-34H2,(H,49,57)(H,50,58). The Morgan fingerprint density at radius 2 is 0.726 bits per heavy atom. The summed E-state index contributed by atoms with van der Waals surface area (Å²) in [6.07, 6.45) is 20.2. The third-order valence-electron chi connectivity index (χ3n) is 13.1. The SMILES string of the molecule is O=C(CC1C=CC=C1)NCCCN1CCN(CCCN2C(=O)c3ccc4c5c(ccc(c35)C2=O)C(=O)N(CCCN2CCN(CCCNC(=O)CC3C=CC=C3)CC2)C4=O)CC1. The fourth-order valence-corrected chi connectivity index (χ4v) is 9.62. The highest BCUT2D eigenvalue weighted by molar-refractivity contribution is 6.33. The number of benzene rings is 2. The molecule has 0 atom stereocenters. The molecule has 4 aliphatic heterocycles. The highest BCUT2D eigenvalue weighted by atomic mass is 16.2. The van der Waals surface area contributed by atoms with E-state index < -0.39 is 23.6 Å². The number of carbonyl (C=O) groups excluding carboxylic acids is 6. The molecule has 0 saturated carbocycles. The lowest BCUT2D eigenvalue weighted by atomic mass is 9.86. The van der Waals surface area contributed by atoms with Crippen molar-refractivity contribution >= 4 is 46.2 Å². The molecule has 0 spiro atoms. The number of hydrogen-bond donors (Lipinski definition) is 2. The number of nitrogens with zero attached hydrogens (tertiary/aromatic N) is 6. The highest BCUT2D eigenvalue weighted by Crippen LogP contribution is 2.38. The summed E-state index contributed by atoms with van der Waals surface area (Å²) in [5.74, 6) is -0.969. The second-order valence-electron chi connectivity index (χ2n) is 17.4. The van der Waals surface area contributed by atoms with Crippen LogP contribution in [0.5, 0.6) is 0 Å². The lowest BCUT2D eigenvalue weighted by molar-refractivity contribution is -0.122. The molecule has 2 N–H and O–H groups in total. The molecule has 0 radical (unpaired) electrons. The molecule has 14 nitrogen and oxygen atoms in total. The molecule has 4 heterocycles. The van der Waals surface area contributed by atoms with Gasteiger partial charge in [0.05, 0.1) is 0 Å². The number of imide groups is 2. The molecule has 0 aromatic heterocycles. The van der Waals surface area contributed by atoms with E-state index in [2.05, 4.69) is 30.2 Å².